The summed E-state index contributed by atoms with van der Waals surface area (Å²) in [5.74, 6) is 0. The number of halogens is 1. The molecule has 0 atom stereocenters. The molecule has 102 valence electrons. The van der Waals surface area contributed by atoms with E-state index in [0.717, 1.165) is 33.7 Å². The quantitative estimate of drug-likeness (QED) is 0.909. The molecule has 4 heteroatoms. The van der Waals surface area contributed by atoms with Crippen molar-refractivity contribution in [2.45, 2.75) is 20.1 Å². The number of benzene rings is 1. The molecular formula is C15H18ClNO2. The van der Waals surface area contributed by atoms with Crippen molar-refractivity contribution in [3.63, 3.8) is 0 Å². The van der Waals surface area contributed by atoms with Gasteiger partial charge in [0.25, 0.3) is 0 Å². The van der Waals surface area contributed by atoms with Crippen molar-refractivity contribution in [3.05, 3.63) is 40.6 Å². The van der Waals surface area contributed by atoms with Gasteiger partial charge in [-0.25, -0.2) is 0 Å². The number of nitrogens with zero attached hydrogens (tertiary/aromatic N) is 1. The third-order valence-electron chi connectivity index (χ3n) is 3.16. The van der Waals surface area contributed by atoms with Crippen LogP contribution >= 0.6 is 11.6 Å². The molecular weight excluding hydrogens is 262 g/mol. The van der Waals surface area contributed by atoms with E-state index in [1.807, 2.05) is 24.3 Å². The summed E-state index contributed by atoms with van der Waals surface area (Å²) in [6.45, 7) is 3.50. The second kappa shape index (κ2) is 6.24. The van der Waals surface area contributed by atoms with Crippen LogP contribution < -0.4 is 0 Å². The number of fused-ring (bicyclic) bond motifs is 1. The summed E-state index contributed by atoms with van der Waals surface area (Å²) < 4.78 is 7.50. The fourth-order valence-corrected chi connectivity index (χ4v) is 2.58. The van der Waals surface area contributed by atoms with Gasteiger partial charge >= 0.3 is 0 Å². The minimum atomic E-state index is 0.0262. The minimum absolute atomic E-state index is 0.0262. The van der Waals surface area contributed by atoms with E-state index in [2.05, 4.69) is 11.5 Å². The van der Waals surface area contributed by atoms with Gasteiger partial charge in [-0.15, -0.1) is 0 Å². The molecule has 2 aromatic rings. The predicted molar refractivity (Wildman–Crippen MR) is 79.5 cm³/mol. The van der Waals surface area contributed by atoms with Crippen LogP contribution in [-0.4, -0.2) is 23.4 Å². The molecule has 19 heavy (non-hydrogen) atoms. The SMILES string of the molecule is CCn1c(/C=C/CO)c(COC)c2cc(Cl)ccc21. The molecule has 0 aliphatic rings. The number of aliphatic hydroxyl groups excluding tert-OH is 1. The molecule has 1 N–H and O–H groups in total. The number of hydrogen-bond acceptors (Lipinski definition) is 2. The van der Waals surface area contributed by atoms with E-state index in [1.165, 1.54) is 0 Å². The van der Waals surface area contributed by atoms with Gasteiger partial charge in [0.1, 0.15) is 0 Å². The number of aromatic nitrogens is 1. The molecule has 0 aliphatic heterocycles. The Morgan fingerprint density at radius 3 is 2.84 bits per heavy atom. The lowest BCUT2D eigenvalue weighted by molar-refractivity contribution is 0.185. The summed E-state index contributed by atoms with van der Waals surface area (Å²) in [6, 6.07) is 5.89. The summed E-state index contributed by atoms with van der Waals surface area (Å²) in [5, 5.41) is 10.8. The highest BCUT2D eigenvalue weighted by molar-refractivity contribution is 6.31. The van der Waals surface area contributed by atoms with E-state index in [4.69, 9.17) is 21.4 Å². The van der Waals surface area contributed by atoms with Gasteiger partial charge in [0.05, 0.1) is 13.2 Å². The molecule has 0 unspecified atom stereocenters. The van der Waals surface area contributed by atoms with Crippen LogP contribution in [-0.2, 0) is 17.9 Å². The molecule has 0 spiro atoms. The lowest BCUT2D eigenvalue weighted by atomic mass is 10.1. The van der Waals surface area contributed by atoms with Gasteiger partial charge in [-0.2, -0.15) is 0 Å². The van der Waals surface area contributed by atoms with Crippen LogP contribution in [0.4, 0.5) is 0 Å². The average molecular weight is 280 g/mol. The highest BCUT2D eigenvalue weighted by Gasteiger charge is 2.14. The standard InChI is InChI=1S/C15H18ClNO2/c1-3-17-14(5-4-8-18)13(10-19-2)12-9-11(16)6-7-15(12)17/h4-7,9,18H,3,8,10H2,1-2H3/b5-4+. The fraction of sp³-hybridized carbons (Fsp3) is 0.333. The van der Waals surface area contributed by atoms with Gasteiger partial charge < -0.3 is 14.4 Å². The second-order valence-electron chi connectivity index (χ2n) is 4.29. The molecule has 1 heterocycles. The van der Waals surface area contributed by atoms with Crippen LogP contribution in [0.5, 0.6) is 0 Å². The number of aliphatic hydroxyl groups is 1. The van der Waals surface area contributed by atoms with Crippen molar-refractivity contribution < 1.29 is 9.84 Å². The summed E-state index contributed by atoms with van der Waals surface area (Å²) in [5.41, 5.74) is 3.30. The summed E-state index contributed by atoms with van der Waals surface area (Å²) in [4.78, 5) is 0. The van der Waals surface area contributed by atoms with E-state index in [-0.39, 0.29) is 6.61 Å². The second-order valence-corrected chi connectivity index (χ2v) is 4.72. The van der Waals surface area contributed by atoms with Gasteiger partial charge in [0, 0.05) is 40.8 Å². The van der Waals surface area contributed by atoms with E-state index >= 15 is 0 Å². The monoisotopic (exact) mass is 279 g/mol. The van der Waals surface area contributed by atoms with Crippen molar-refractivity contribution in [1.29, 1.82) is 0 Å². The van der Waals surface area contributed by atoms with Crippen LogP contribution in [0, 0.1) is 0 Å². The highest BCUT2D eigenvalue weighted by Crippen LogP contribution is 2.30. The smallest absolute Gasteiger partial charge is 0.0740 e. The molecule has 0 saturated heterocycles. The zero-order valence-electron chi connectivity index (χ0n) is 11.2. The maximum atomic E-state index is 8.98. The summed E-state index contributed by atoms with van der Waals surface area (Å²) in [6.07, 6.45) is 3.67. The number of methoxy groups -OCH3 is 1. The van der Waals surface area contributed by atoms with Gasteiger partial charge in [-0.3, -0.25) is 0 Å². The van der Waals surface area contributed by atoms with Crippen LogP contribution in [0.15, 0.2) is 24.3 Å². The topological polar surface area (TPSA) is 34.4 Å². The maximum absolute atomic E-state index is 8.98. The van der Waals surface area contributed by atoms with Crippen LogP contribution in [0.2, 0.25) is 5.02 Å². The third-order valence-corrected chi connectivity index (χ3v) is 3.40. The molecule has 1 aromatic heterocycles. The third kappa shape index (κ3) is 2.68. The Labute approximate surface area is 118 Å². The first-order chi connectivity index (χ1) is 9.22. The molecule has 2 rings (SSSR count). The normalized spacial score (nSPS) is 11.8. The van der Waals surface area contributed by atoms with E-state index in [1.54, 1.807) is 13.2 Å². The van der Waals surface area contributed by atoms with Crippen molar-refractivity contribution in [2.24, 2.45) is 0 Å². The van der Waals surface area contributed by atoms with Crippen LogP contribution in [0.1, 0.15) is 18.2 Å². The molecule has 3 nitrogen and oxygen atoms in total. The van der Waals surface area contributed by atoms with Crippen LogP contribution in [0.25, 0.3) is 17.0 Å². The lowest BCUT2D eigenvalue weighted by Crippen LogP contribution is -1.98. The zero-order chi connectivity index (χ0) is 13.8. The number of rotatable bonds is 5. The first kappa shape index (κ1) is 14.1. The fourth-order valence-electron chi connectivity index (χ4n) is 2.41. The summed E-state index contributed by atoms with van der Waals surface area (Å²) >= 11 is 6.09. The largest absolute Gasteiger partial charge is 0.392 e. The molecule has 0 radical (unpaired) electrons. The highest BCUT2D eigenvalue weighted by atomic mass is 35.5. The zero-order valence-corrected chi connectivity index (χ0v) is 11.9. The Bertz CT molecular complexity index is 602. The Kier molecular flexibility index (Phi) is 4.64. The van der Waals surface area contributed by atoms with Crippen molar-refractivity contribution in [2.75, 3.05) is 13.7 Å². The van der Waals surface area contributed by atoms with Gasteiger partial charge in [-0.05, 0) is 31.2 Å². The predicted octanol–water partition coefficient (Wildman–Crippen LogP) is 3.47. The minimum Gasteiger partial charge on any atom is -0.392 e. The van der Waals surface area contributed by atoms with E-state index < -0.39 is 0 Å². The lowest BCUT2D eigenvalue weighted by Gasteiger charge is -2.05. The molecule has 0 aliphatic carbocycles. The Morgan fingerprint density at radius 2 is 2.21 bits per heavy atom. The van der Waals surface area contributed by atoms with Crippen molar-refractivity contribution >= 4 is 28.6 Å². The van der Waals surface area contributed by atoms with Crippen molar-refractivity contribution in [3.8, 4) is 0 Å². The number of hydrogen-bond donors (Lipinski definition) is 1. The Hall–Kier alpha value is -1.29. The summed E-state index contributed by atoms with van der Waals surface area (Å²) in [7, 11) is 1.68. The van der Waals surface area contributed by atoms with Gasteiger partial charge in [0.2, 0.25) is 0 Å². The first-order valence-electron chi connectivity index (χ1n) is 6.29. The molecule has 1 aromatic carbocycles. The van der Waals surface area contributed by atoms with Crippen LogP contribution in [0.3, 0.4) is 0 Å². The van der Waals surface area contributed by atoms with E-state index in [0.29, 0.717) is 6.61 Å². The van der Waals surface area contributed by atoms with E-state index in [9.17, 15) is 0 Å². The molecule has 0 bridgehead atoms. The molecule has 0 amide bonds. The molecule has 0 fully saturated rings. The van der Waals surface area contributed by atoms with Gasteiger partial charge in [0.15, 0.2) is 0 Å². The number of aryl methyl sites for hydroxylation is 1. The average Bonchev–Trinajstić information content (AvgIpc) is 2.70. The van der Waals surface area contributed by atoms with Crippen molar-refractivity contribution in [1.82, 2.24) is 4.57 Å². The van der Waals surface area contributed by atoms with Gasteiger partial charge in [-0.1, -0.05) is 17.7 Å². The number of ether oxygens (including phenoxy) is 1. The molecule has 0 saturated carbocycles. The Morgan fingerprint density at radius 1 is 1.42 bits per heavy atom. The first-order valence-corrected chi connectivity index (χ1v) is 6.67. The maximum Gasteiger partial charge on any atom is 0.0740 e. The Balaban J connectivity index is 2.74.